The fourth-order valence-electron chi connectivity index (χ4n) is 3.91. The molecule has 2 aromatic carbocycles. The van der Waals surface area contributed by atoms with Gasteiger partial charge in [0.25, 0.3) is 5.56 Å². The van der Waals surface area contributed by atoms with Crippen molar-refractivity contribution in [2.24, 2.45) is 0 Å². The van der Waals surface area contributed by atoms with Gasteiger partial charge < -0.3 is 15.2 Å². The standard InChI is InChI=1S/C23H20N4O3S/c28-21(14-27-22(29)18-3-1-2-4-19(18)25-23(27)30)24-16-5-7-17(8-6-16)26-11-9-20-15(13-26)10-12-31-20/h1-8,10,12H,9,11,13-14H2,(H,24,28)(H,25,30). The smallest absolute Gasteiger partial charge is 0.329 e. The second-order valence-corrected chi connectivity index (χ2v) is 8.50. The number of fused-ring (bicyclic) bond motifs is 2. The van der Waals surface area contributed by atoms with Crippen LogP contribution >= 0.6 is 11.3 Å². The molecule has 0 unspecified atom stereocenters. The van der Waals surface area contributed by atoms with Crippen LogP contribution in [0.25, 0.3) is 10.9 Å². The summed E-state index contributed by atoms with van der Waals surface area (Å²) in [6, 6.07) is 16.5. The number of carbonyl (C=O) groups is 1. The number of nitrogens with zero attached hydrogens (tertiary/aromatic N) is 2. The number of nitrogens with one attached hydrogen (secondary N) is 2. The molecular weight excluding hydrogens is 412 g/mol. The quantitative estimate of drug-likeness (QED) is 0.519. The molecule has 2 N–H and O–H groups in total. The van der Waals surface area contributed by atoms with Crippen molar-refractivity contribution in [3.8, 4) is 0 Å². The predicted octanol–water partition coefficient (Wildman–Crippen LogP) is 2.95. The zero-order chi connectivity index (χ0) is 21.4. The number of H-pyrrole nitrogens is 1. The minimum absolute atomic E-state index is 0.353. The molecule has 2 aromatic heterocycles. The van der Waals surface area contributed by atoms with Gasteiger partial charge in [0.15, 0.2) is 0 Å². The highest BCUT2D eigenvalue weighted by Gasteiger charge is 2.17. The van der Waals surface area contributed by atoms with Crippen molar-refractivity contribution in [2.75, 3.05) is 16.8 Å². The summed E-state index contributed by atoms with van der Waals surface area (Å²) in [5.41, 5.74) is 2.45. The number of para-hydroxylation sites is 1. The second-order valence-electron chi connectivity index (χ2n) is 7.50. The van der Waals surface area contributed by atoms with Crippen molar-refractivity contribution >= 4 is 39.5 Å². The molecule has 8 heteroatoms. The molecule has 7 nitrogen and oxygen atoms in total. The van der Waals surface area contributed by atoms with Gasteiger partial charge in [0.1, 0.15) is 6.54 Å². The number of rotatable bonds is 4. The number of amides is 1. The molecule has 4 aromatic rings. The Morgan fingerprint density at radius 3 is 2.71 bits per heavy atom. The van der Waals surface area contributed by atoms with E-state index in [0.29, 0.717) is 16.6 Å². The summed E-state index contributed by atoms with van der Waals surface area (Å²) in [6.45, 7) is 1.50. The summed E-state index contributed by atoms with van der Waals surface area (Å²) in [6.07, 6.45) is 1.04. The van der Waals surface area contributed by atoms with E-state index in [1.165, 1.54) is 10.4 Å². The second kappa shape index (κ2) is 7.88. The zero-order valence-electron chi connectivity index (χ0n) is 16.6. The number of thiophene rings is 1. The normalized spacial score (nSPS) is 13.2. The first-order valence-electron chi connectivity index (χ1n) is 10.0. The van der Waals surface area contributed by atoms with Crippen molar-refractivity contribution in [1.29, 1.82) is 0 Å². The molecule has 0 fully saturated rings. The minimum Gasteiger partial charge on any atom is -0.367 e. The number of benzene rings is 2. The van der Waals surface area contributed by atoms with E-state index in [-0.39, 0.29) is 6.54 Å². The van der Waals surface area contributed by atoms with Gasteiger partial charge in [-0.05, 0) is 59.8 Å². The van der Waals surface area contributed by atoms with Gasteiger partial charge in [0, 0.05) is 29.3 Å². The number of aromatic nitrogens is 2. The van der Waals surface area contributed by atoms with E-state index in [1.807, 2.05) is 35.6 Å². The van der Waals surface area contributed by atoms with Crippen LogP contribution in [0.4, 0.5) is 11.4 Å². The first kappa shape index (κ1) is 19.3. The van der Waals surface area contributed by atoms with Crippen molar-refractivity contribution < 1.29 is 4.79 Å². The first-order chi connectivity index (χ1) is 15.1. The zero-order valence-corrected chi connectivity index (χ0v) is 17.4. The van der Waals surface area contributed by atoms with E-state index in [0.717, 1.165) is 29.8 Å². The molecule has 156 valence electrons. The molecule has 1 aliphatic rings. The summed E-state index contributed by atoms with van der Waals surface area (Å²) in [7, 11) is 0. The predicted molar refractivity (Wildman–Crippen MR) is 123 cm³/mol. The highest BCUT2D eigenvalue weighted by molar-refractivity contribution is 7.10. The summed E-state index contributed by atoms with van der Waals surface area (Å²) >= 11 is 1.81. The van der Waals surface area contributed by atoms with Crippen LogP contribution in [0.2, 0.25) is 0 Å². The third-order valence-electron chi connectivity index (χ3n) is 5.51. The van der Waals surface area contributed by atoms with E-state index in [4.69, 9.17) is 0 Å². The Bertz CT molecular complexity index is 1380. The van der Waals surface area contributed by atoms with Crippen molar-refractivity contribution in [2.45, 2.75) is 19.5 Å². The lowest BCUT2D eigenvalue weighted by atomic mass is 10.1. The van der Waals surface area contributed by atoms with E-state index in [9.17, 15) is 14.4 Å². The Morgan fingerprint density at radius 2 is 1.87 bits per heavy atom. The van der Waals surface area contributed by atoms with Gasteiger partial charge in [0.2, 0.25) is 5.91 Å². The van der Waals surface area contributed by atoms with E-state index < -0.39 is 17.2 Å². The molecule has 5 rings (SSSR count). The Balaban J connectivity index is 1.29. The molecule has 0 aliphatic carbocycles. The van der Waals surface area contributed by atoms with Gasteiger partial charge >= 0.3 is 5.69 Å². The average Bonchev–Trinajstić information content (AvgIpc) is 3.25. The van der Waals surface area contributed by atoms with Crippen molar-refractivity contribution in [1.82, 2.24) is 9.55 Å². The molecule has 1 amide bonds. The maximum Gasteiger partial charge on any atom is 0.329 e. The fourth-order valence-corrected chi connectivity index (χ4v) is 4.80. The molecule has 0 atom stereocenters. The monoisotopic (exact) mass is 432 g/mol. The molecular formula is C23H20N4O3S. The Labute approximate surface area is 181 Å². The SMILES string of the molecule is O=C(Cn1c(=O)[nH]c2ccccc2c1=O)Nc1ccc(N2CCc3sccc3C2)cc1. The van der Waals surface area contributed by atoms with E-state index >= 15 is 0 Å². The highest BCUT2D eigenvalue weighted by Crippen LogP contribution is 2.28. The van der Waals surface area contributed by atoms with Crippen LogP contribution in [0, 0.1) is 0 Å². The van der Waals surface area contributed by atoms with Gasteiger partial charge in [-0.1, -0.05) is 12.1 Å². The van der Waals surface area contributed by atoms with Crippen LogP contribution in [0.5, 0.6) is 0 Å². The van der Waals surface area contributed by atoms with E-state index in [2.05, 4.69) is 26.6 Å². The van der Waals surface area contributed by atoms with E-state index in [1.54, 1.807) is 24.3 Å². The Morgan fingerprint density at radius 1 is 1.06 bits per heavy atom. The summed E-state index contributed by atoms with van der Waals surface area (Å²) in [5, 5.41) is 5.27. The maximum atomic E-state index is 12.6. The summed E-state index contributed by atoms with van der Waals surface area (Å²) in [4.78, 5) is 43.7. The van der Waals surface area contributed by atoms with Gasteiger partial charge in [0.05, 0.1) is 10.9 Å². The van der Waals surface area contributed by atoms with Crippen LogP contribution < -0.4 is 21.5 Å². The van der Waals surface area contributed by atoms with Crippen LogP contribution in [0.1, 0.15) is 10.4 Å². The minimum atomic E-state index is -0.605. The molecule has 0 spiro atoms. The lowest BCUT2D eigenvalue weighted by molar-refractivity contribution is -0.116. The molecule has 1 aliphatic heterocycles. The third kappa shape index (κ3) is 3.77. The number of hydrogen-bond acceptors (Lipinski definition) is 5. The number of anilines is 2. The van der Waals surface area contributed by atoms with Crippen LogP contribution in [0.3, 0.4) is 0 Å². The Kier molecular flexibility index (Phi) is 4.91. The largest absolute Gasteiger partial charge is 0.367 e. The van der Waals surface area contributed by atoms with Crippen molar-refractivity contribution in [3.63, 3.8) is 0 Å². The van der Waals surface area contributed by atoms with Gasteiger partial charge in [-0.3, -0.25) is 14.2 Å². The van der Waals surface area contributed by atoms with Gasteiger partial charge in [-0.15, -0.1) is 11.3 Å². The molecule has 0 saturated heterocycles. The third-order valence-corrected chi connectivity index (χ3v) is 6.54. The lowest BCUT2D eigenvalue weighted by Crippen LogP contribution is -2.38. The number of aromatic amines is 1. The highest BCUT2D eigenvalue weighted by atomic mass is 32.1. The molecule has 0 saturated carbocycles. The average molecular weight is 433 g/mol. The summed E-state index contributed by atoms with van der Waals surface area (Å²) < 4.78 is 0.915. The van der Waals surface area contributed by atoms with Crippen molar-refractivity contribution in [3.05, 3.63) is 91.3 Å². The number of carbonyl (C=O) groups excluding carboxylic acids is 1. The summed E-state index contributed by atoms with van der Waals surface area (Å²) in [5.74, 6) is -0.434. The van der Waals surface area contributed by atoms with Crippen LogP contribution in [-0.4, -0.2) is 22.0 Å². The fraction of sp³-hybridized carbons (Fsp3) is 0.174. The maximum absolute atomic E-state index is 12.6. The number of hydrogen-bond donors (Lipinski definition) is 2. The van der Waals surface area contributed by atoms with Gasteiger partial charge in [-0.25, -0.2) is 4.79 Å². The first-order valence-corrected chi connectivity index (χ1v) is 10.9. The Hall–Kier alpha value is -3.65. The van der Waals surface area contributed by atoms with Crippen LogP contribution in [-0.2, 0) is 24.3 Å². The molecule has 0 radical (unpaired) electrons. The van der Waals surface area contributed by atoms with Gasteiger partial charge in [-0.2, -0.15) is 0 Å². The molecule has 0 bridgehead atoms. The topological polar surface area (TPSA) is 87.2 Å². The molecule has 31 heavy (non-hydrogen) atoms. The van der Waals surface area contributed by atoms with Crippen LogP contribution in [0.15, 0.2) is 69.6 Å². The molecule has 3 heterocycles. The lowest BCUT2D eigenvalue weighted by Gasteiger charge is -2.29.